The fourth-order valence-corrected chi connectivity index (χ4v) is 2.87. The molecule has 0 atom stereocenters. The van der Waals surface area contributed by atoms with Crippen molar-refractivity contribution in [3.63, 3.8) is 0 Å². The highest BCUT2D eigenvalue weighted by Crippen LogP contribution is 2.27. The summed E-state index contributed by atoms with van der Waals surface area (Å²) in [5.74, 6) is 0.891. The quantitative estimate of drug-likeness (QED) is 0.566. The van der Waals surface area contributed by atoms with E-state index in [0.29, 0.717) is 16.2 Å². The highest BCUT2D eigenvalue weighted by Gasteiger charge is 2.17. The van der Waals surface area contributed by atoms with Crippen molar-refractivity contribution in [2.75, 3.05) is 11.5 Å². The van der Waals surface area contributed by atoms with Crippen LogP contribution in [0.2, 0.25) is 0 Å². The molecule has 0 aliphatic heterocycles. The molecule has 1 aromatic carbocycles. The van der Waals surface area contributed by atoms with Crippen LogP contribution in [0.1, 0.15) is 12.4 Å². The van der Waals surface area contributed by atoms with Crippen molar-refractivity contribution >= 4 is 34.4 Å². The lowest BCUT2D eigenvalue weighted by molar-refractivity contribution is 0.0722. The first-order chi connectivity index (χ1) is 10.5. The fourth-order valence-electron chi connectivity index (χ4n) is 2.07. The number of nitrogen functional groups attached to an aromatic ring is 2. The molecule has 0 spiro atoms. The number of aromatic nitrogens is 4. The molecule has 0 amide bonds. The van der Waals surface area contributed by atoms with E-state index < -0.39 is 6.55 Å². The van der Waals surface area contributed by atoms with Crippen LogP contribution in [-0.4, -0.2) is 19.5 Å². The predicted molar refractivity (Wildman–Crippen MR) is 81.4 cm³/mol. The van der Waals surface area contributed by atoms with E-state index in [0.717, 1.165) is 16.3 Å². The zero-order valence-corrected chi connectivity index (χ0v) is 12.1. The van der Waals surface area contributed by atoms with Crippen LogP contribution in [0.4, 0.5) is 20.4 Å². The normalized spacial score (nSPS) is 11.4. The topological polar surface area (TPSA) is 95.6 Å². The summed E-state index contributed by atoms with van der Waals surface area (Å²) < 4.78 is 27.5. The van der Waals surface area contributed by atoms with Gasteiger partial charge in [-0.15, -0.1) is 0 Å². The Morgan fingerprint density at radius 2 is 1.77 bits per heavy atom. The highest BCUT2D eigenvalue weighted by molar-refractivity contribution is 7.98. The highest BCUT2D eigenvalue weighted by atomic mass is 32.2. The molecule has 0 unspecified atom stereocenters. The Kier molecular flexibility index (Phi) is 3.80. The third kappa shape index (κ3) is 2.80. The van der Waals surface area contributed by atoms with Crippen molar-refractivity contribution in [3.05, 3.63) is 36.2 Å². The average Bonchev–Trinajstić information content (AvgIpc) is 2.82. The van der Waals surface area contributed by atoms with Crippen LogP contribution in [0, 0.1) is 0 Å². The van der Waals surface area contributed by atoms with E-state index in [4.69, 9.17) is 11.5 Å². The number of rotatable bonds is 4. The van der Waals surface area contributed by atoms with Crippen molar-refractivity contribution in [1.82, 2.24) is 19.5 Å². The van der Waals surface area contributed by atoms with E-state index in [2.05, 4.69) is 15.0 Å². The second kappa shape index (κ2) is 5.76. The van der Waals surface area contributed by atoms with Gasteiger partial charge >= 0.3 is 6.55 Å². The number of halogens is 2. The molecule has 0 aliphatic rings. The van der Waals surface area contributed by atoms with Crippen molar-refractivity contribution in [3.8, 4) is 0 Å². The molecule has 22 heavy (non-hydrogen) atoms. The molecule has 0 saturated carbocycles. The van der Waals surface area contributed by atoms with E-state index in [1.807, 2.05) is 0 Å². The molecule has 0 fully saturated rings. The maximum absolute atomic E-state index is 13.3. The van der Waals surface area contributed by atoms with Crippen LogP contribution in [0.15, 0.2) is 35.5 Å². The lowest BCUT2D eigenvalue weighted by atomic mass is 10.3. The average molecular weight is 322 g/mol. The molecule has 0 bridgehead atoms. The number of benzene rings is 1. The molecule has 0 radical (unpaired) electrons. The lowest BCUT2D eigenvalue weighted by Crippen LogP contribution is -2.04. The number of thioether (sulfide) groups is 1. The van der Waals surface area contributed by atoms with Crippen LogP contribution in [0.3, 0.4) is 0 Å². The first-order valence-electron chi connectivity index (χ1n) is 6.31. The van der Waals surface area contributed by atoms with Gasteiger partial charge < -0.3 is 11.5 Å². The lowest BCUT2D eigenvalue weighted by Gasteiger charge is -2.07. The maximum atomic E-state index is 13.3. The molecule has 114 valence electrons. The number of para-hydroxylation sites is 2. The summed E-state index contributed by atoms with van der Waals surface area (Å²) in [6.07, 6.45) is 0. The van der Waals surface area contributed by atoms with Crippen molar-refractivity contribution in [1.29, 1.82) is 0 Å². The molecule has 2 heterocycles. The smallest absolute Gasteiger partial charge is 0.320 e. The van der Waals surface area contributed by atoms with Gasteiger partial charge in [0.15, 0.2) is 5.16 Å². The van der Waals surface area contributed by atoms with Gasteiger partial charge in [-0.3, -0.25) is 4.57 Å². The standard InChI is InChI=1S/C13H12F2N6S/c14-12(15)21-8-4-2-1-3-7(8)18-11(21)6-22-13-19-9(16)5-10(17)20-13/h1-5,12H,6H2,(H4,16,17,19,20). The van der Waals surface area contributed by atoms with E-state index in [-0.39, 0.29) is 23.2 Å². The largest absolute Gasteiger partial charge is 0.383 e. The van der Waals surface area contributed by atoms with Crippen LogP contribution in [0.25, 0.3) is 11.0 Å². The Bertz CT molecular complexity index is 799. The molecule has 0 aliphatic carbocycles. The molecule has 3 rings (SSSR count). The predicted octanol–water partition coefficient (Wildman–Crippen LogP) is 2.68. The minimum atomic E-state index is -2.67. The summed E-state index contributed by atoms with van der Waals surface area (Å²) in [6, 6.07) is 8.18. The van der Waals surface area contributed by atoms with Gasteiger partial charge in [0, 0.05) is 6.07 Å². The Hall–Kier alpha value is -2.42. The summed E-state index contributed by atoms with van der Waals surface area (Å²) in [5.41, 5.74) is 12.1. The van der Waals surface area contributed by atoms with E-state index in [9.17, 15) is 8.78 Å². The Morgan fingerprint density at radius 1 is 1.09 bits per heavy atom. The number of hydrogen-bond donors (Lipinski definition) is 2. The van der Waals surface area contributed by atoms with E-state index in [1.54, 1.807) is 24.3 Å². The summed E-state index contributed by atoms with van der Waals surface area (Å²) in [4.78, 5) is 12.2. The van der Waals surface area contributed by atoms with Crippen LogP contribution < -0.4 is 11.5 Å². The van der Waals surface area contributed by atoms with Crippen LogP contribution in [0.5, 0.6) is 0 Å². The first kappa shape index (κ1) is 14.5. The molecular formula is C13H12F2N6S. The number of hydrogen-bond acceptors (Lipinski definition) is 6. The van der Waals surface area contributed by atoms with Gasteiger partial charge in [-0.25, -0.2) is 15.0 Å². The third-order valence-electron chi connectivity index (χ3n) is 2.94. The summed E-state index contributed by atoms with van der Waals surface area (Å²) in [6.45, 7) is -2.67. The zero-order valence-electron chi connectivity index (χ0n) is 11.3. The monoisotopic (exact) mass is 322 g/mol. The zero-order chi connectivity index (χ0) is 15.7. The number of imidazole rings is 1. The van der Waals surface area contributed by atoms with Gasteiger partial charge in [0.25, 0.3) is 0 Å². The Balaban J connectivity index is 1.91. The second-order valence-electron chi connectivity index (χ2n) is 4.45. The van der Waals surface area contributed by atoms with Gasteiger partial charge in [0.05, 0.1) is 16.8 Å². The Labute approximate surface area is 128 Å². The molecular weight excluding hydrogens is 310 g/mol. The number of alkyl halides is 2. The molecule has 3 aromatic rings. The molecule has 9 heteroatoms. The fraction of sp³-hybridized carbons (Fsp3) is 0.154. The van der Waals surface area contributed by atoms with E-state index in [1.165, 1.54) is 6.07 Å². The van der Waals surface area contributed by atoms with Crippen LogP contribution in [-0.2, 0) is 5.75 Å². The minimum absolute atomic E-state index is 0.182. The maximum Gasteiger partial charge on any atom is 0.320 e. The Morgan fingerprint density at radius 3 is 2.45 bits per heavy atom. The van der Waals surface area contributed by atoms with Gasteiger partial charge in [0.2, 0.25) is 0 Å². The third-order valence-corrected chi connectivity index (χ3v) is 3.78. The molecule has 6 nitrogen and oxygen atoms in total. The molecule has 2 aromatic heterocycles. The van der Waals surface area contributed by atoms with E-state index >= 15 is 0 Å². The number of nitrogens with two attached hydrogens (primary N) is 2. The minimum Gasteiger partial charge on any atom is -0.383 e. The van der Waals surface area contributed by atoms with Crippen molar-refractivity contribution in [2.24, 2.45) is 0 Å². The van der Waals surface area contributed by atoms with Gasteiger partial charge in [-0.05, 0) is 12.1 Å². The first-order valence-corrected chi connectivity index (χ1v) is 7.30. The van der Waals surface area contributed by atoms with Gasteiger partial charge in [-0.2, -0.15) is 8.78 Å². The summed E-state index contributed by atoms with van der Waals surface area (Å²) >= 11 is 1.15. The number of anilines is 2. The van der Waals surface area contributed by atoms with Gasteiger partial charge in [0.1, 0.15) is 17.5 Å². The number of nitrogens with zero attached hydrogens (tertiary/aromatic N) is 4. The van der Waals surface area contributed by atoms with Crippen LogP contribution >= 0.6 is 11.8 Å². The van der Waals surface area contributed by atoms with Crippen molar-refractivity contribution < 1.29 is 8.78 Å². The SMILES string of the molecule is Nc1cc(N)nc(SCc2nc3ccccc3n2C(F)F)n1. The summed E-state index contributed by atoms with van der Waals surface area (Å²) in [5, 5.41) is 0.324. The van der Waals surface area contributed by atoms with Gasteiger partial charge in [-0.1, -0.05) is 23.9 Å². The molecule has 0 saturated heterocycles. The molecule has 4 N–H and O–H groups in total. The summed E-state index contributed by atoms with van der Waals surface area (Å²) in [7, 11) is 0. The second-order valence-corrected chi connectivity index (χ2v) is 5.40. The van der Waals surface area contributed by atoms with Crippen molar-refractivity contribution in [2.45, 2.75) is 17.5 Å². The number of fused-ring (bicyclic) bond motifs is 1.